The highest BCUT2D eigenvalue weighted by Crippen LogP contribution is 2.31. The average Bonchev–Trinajstić information content (AvgIpc) is 2.06. The lowest BCUT2D eigenvalue weighted by Crippen LogP contribution is -2.01. The lowest BCUT2D eigenvalue weighted by molar-refractivity contribution is -0.136. The molecule has 1 aromatic carbocycles. The molecule has 0 saturated heterocycles. The highest BCUT2D eigenvalue weighted by atomic mass is 79.9. The smallest absolute Gasteiger partial charge is 0.307 e. The van der Waals surface area contributed by atoms with Gasteiger partial charge in [-0.15, -0.1) is 0 Å². The van der Waals surface area contributed by atoms with Crippen molar-refractivity contribution in [1.29, 1.82) is 0 Å². The second-order valence-corrected chi connectivity index (χ2v) is 3.68. The first-order valence-electron chi connectivity index (χ1n) is 3.46. The molecule has 13 heavy (non-hydrogen) atoms. The van der Waals surface area contributed by atoms with Gasteiger partial charge in [0.1, 0.15) is 0 Å². The molecule has 0 aliphatic carbocycles. The zero-order chi connectivity index (χ0) is 10.0. The van der Waals surface area contributed by atoms with Crippen LogP contribution in [0.25, 0.3) is 0 Å². The van der Waals surface area contributed by atoms with Gasteiger partial charge < -0.3 is 10.8 Å². The second kappa shape index (κ2) is 3.98. The summed E-state index contributed by atoms with van der Waals surface area (Å²) in [7, 11) is 0. The van der Waals surface area contributed by atoms with E-state index in [1.54, 1.807) is 12.1 Å². The van der Waals surface area contributed by atoms with E-state index in [1.807, 2.05) is 0 Å². The van der Waals surface area contributed by atoms with E-state index < -0.39 is 5.97 Å². The third kappa shape index (κ3) is 2.35. The van der Waals surface area contributed by atoms with Crippen molar-refractivity contribution in [2.75, 3.05) is 5.73 Å². The standard InChI is InChI=1S/C8H7BrClNO2/c9-7-4(3-6(12)13)1-2-5(11)8(7)10/h1-2H,3,11H2,(H,12,13). The number of carboxylic acids is 1. The number of hydrogen-bond donors (Lipinski definition) is 2. The van der Waals surface area contributed by atoms with Crippen LogP contribution in [0, 0.1) is 0 Å². The second-order valence-electron chi connectivity index (χ2n) is 2.51. The van der Waals surface area contributed by atoms with E-state index in [4.69, 9.17) is 22.4 Å². The van der Waals surface area contributed by atoms with Crippen LogP contribution in [0.2, 0.25) is 5.02 Å². The number of anilines is 1. The largest absolute Gasteiger partial charge is 0.481 e. The predicted octanol–water partition coefficient (Wildman–Crippen LogP) is 2.31. The van der Waals surface area contributed by atoms with E-state index in [9.17, 15) is 4.79 Å². The fraction of sp³-hybridized carbons (Fsp3) is 0.125. The summed E-state index contributed by atoms with van der Waals surface area (Å²) in [5.74, 6) is -0.901. The van der Waals surface area contributed by atoms with Gasteiger partial charge in [0, 0.05) is 4.47 Å². The Balaban J connectivity index is 3.10. The van der Waals surface area contributed by atoms with Gasteiger partial charge in [0.05, 0.1) is 17.1 Å². The van der Waals surface area contributed by atoms with E-state index in [0.29, 0.717) is 20.7 Å². The van der Waals surface area contributed by atoms with Crippen LogP contribution in [0.4, 0.5) is 5.69 Å². The van der Waals surface area contributed by atoms with Gasteiger partial charge in [-0.1, -0.05) is 17.7 Å². The van der Waals surface area contributed by atoms with Crippen LogP contribution in [-0.2, 0) is 11.2 Å². The molecular formula is C8H7BrClNO2. The predicted molar refractivity (Wildman–Crippen MR) is 54.9 cm³/mol. The lowest BCUT2D eigenvalue weighted by atomic mass is 10.1. The number of carbonyl (C=O) groups is 1. The van der Waals surface area contributed by atoms with Crippen molar-refractivity contribution in [3.8, 4) is 0 Å². The van der Waals surface area contributed by atoms with E-state index in [2.05, 4.69) is 15.9 Å². The summed E-state index contributed by atoms with van der Waals surface area (Å²) in [5.41, 5.74) is 6.56. The minimum Gasteiger partial charge on any atom is -0.481 e. The molecule has 1 rings (SSSR count). The zero-order valence-corrected chi connectivity index (χ0v) is 8.89. The lowest BCUT2D eigenvalue weighted by Gasteiger charge is -2.05. The number of aliphatic carboxylic acids is 1. The summed E-state index contributed by atoms with van der Waals surface area (Å²) in [6, 6.07) is 3.23. The highest BCUT2D eigenvalue weighted by Gasteiger charge is 2.09. The molecule has 0 spiro atoms. The number of carboxylic acid groups (broad SMARTS) is 1. The number of benzene rings is 1. The Morgan fingerprint density at radius 1 is 1.62 bits per heavy atom. The van der Waals surface area contributed by atoms with Crippen LogP contribution in [0.15, 0.2) is 16.6 Å². The van der Waals surface area contributed by atoms with Gasteiger partial charge in [0.25, 0.3) is 0 Å². The van der Waals surface area contributed by atoms with Gasteiger partial charge in [0.15, 0.2) is 0 Å². The molecule has 0 bridgehead atoms. The number of rotatable bonds is 2. The summed E-state index contributed by atoms with van der Waals surface area (Å²) in [6.45, 7) is 0. The number of halogens is 2. The Kier molecular flexibility index (Phi) is 3.17. The number of hydrogen-bond acceptors (Lipinski definition) is 2. The van der Waals surface area contributed by atoms with Crippen molar-refractivity contribution in [1.82, 2.24) is 0 Å². The normalized spacial score (nSPS) is 10.0. The van der Waals surface area contributed by atoms with Gasteiger partial charge >= 0.3 is 5.97 Å². The molecule has 1 aromatic rings. The maximum atomic E-state index is 10.4. The van der Waals surface area contributed by atoms with Crippen molar-refractivity contribution in [3.63, 3.8) is 0 Å². The Labute approximate surface area is 88.6 Å². The first kappa shape index (κ1) is 10.3. The fourth-order valence-electron chi connectivity index (χ4n) is 0.904. The van der Waals surface area contributed by atoms with Crippen molar-refractivity contribution in [2.24, 2.45) is 0 Å². The van der Waals surface area contributed by atoms with Gasteiger partial charge in [0.2, 0.25) is 0 Å². The zero-order valence-electron chi connectivity index (χ0n) is 6.55. The van der Waals surface area contributed by atoms with Gasteiger partial charge in [-0.2, -0.15) is 0 Å². The number of nitrogens with two attached hydrogens (primary N) is 1. The molecule has 0 saturated carbocycles. The SMILES string of the molecule is Nc1ccc(CC(=O)O)c(Br)c1Cl. The summed E-state index contributed by atoms with van der Waals surface area (Å²) >= 11 is 8.99. The maximum Gasteiger partial charge on any atom is 0.307 e. The van der Waals surface area contributed by atoms with Crippen LogP contribution >= 0.6 is 27.5 Å². The van der Waals surface area contributed by atoms with Crippen LogP contribution in [0.5, 0.6) is 0 Å². The molecule has 3 N–H and O–H groups in total. The number of nitrogen functional groups attached to an aromatic ring is 1. The molecule has 0 unspecified atom stereocenters. The summed E-state index contributed by atoms with van der Waals surface area (Å²) in [4.78, 5) is 10.4. The molecule has 0 heterocycles. The maximum absolute atomic E-state index is 10.4. The molecule has 0 amide bonds. The Morgan fingerprint density at radius 3 is 2.77 bits per heavy atom. The monoisotopic (exact) mass is 263 g/mol. The molecule has 0 aromatic heterocycles. The van der Waals surface area contributed by atoms with Gasteiger partial charge in [-0.05, 0) is 27.6 Å². The Hall–Kier alpha value is -0.740. The van der Waals surface area contributed by atoms with Crippen LogP contribution in [0.3, 0.4) is 0 Å². The molecular weight excluding hydrogens is 257 g/mol. The van der Waals surface area contributed by atoms with Crippen LogP contribution in [-0.4, -0.2) is 11.1 Å². The molecule has 0 radical (unpaired) electrons. The summed E-state index contributed by atoms with van der Waals surface area (Å²) < 4.78 is 0.552. The fourth-order valence-corrected chi connectivity index (χ4v) is 1.59. The van der Waals surface area contributed by atoms with E-state index in [-0.39, 0.29) is 6.42 Å². The Morgan fingerprint density at radius 2 is 2.23 bits per heavy atom. The van der Waals surface area contributed by atoms with Crippen LogP contribution < -0.4 is 5.73 Å². The third-order valence-electron chi connectivity index (χ3n) is 1.53. The molecule has 0 aliphatic rings. The molecule has 0 fully saturated rings. The summed E-state index contributed by atoms with van der Waals surface area (Å²) in [6.07, 6.45) is -0.0689. The van der Waals surface area contributed by atoms with Gasteiger partial charge in [-0.25, -0.2) is 0 Å². The molecule has 0 atom stereocenters. The van der Waals surface area contributed by atoms with E-state index >= 15 is 0 Å². The third-order valence-corrected chi connectivity index (χ3v) is 3.08. The molecule has 0 aliphatic heterocycles. The van der Waals surface area contributed by atoms with Crippen molar-refractivity contribution < 1.29 is 9.90 Å². The minimum atomic E-state index is -0.901. The molecule has 5 heteroatoms. The van der Waals surface area contributed by atoms with Crippen molar-refractivity contribution >= 4 is 39.2 Å². The van der Waals surface area contributed by atoms with Gasteiger partial charge in [-0.3, -0.25) is 4.79 Å². The summed E-state index contributed by atoms with van der Waals surface area (Å²) in [5, 5.41) is 8.92. The average molecular weight is 265 g/mol. The highest BCUT2D eigenvalue weighted by molar-refractivity contribution is 9.10. The molecule has 3 nitrogen and oxygen atoms in total. The van der Waals surface area contributed by atoms with Crippen LogP contribution in [0.1, 0.15) is 5.56 Å². The first-order valence-corrected chi connectivity index (χ1v) is 4.63. The minimum absolute atomic E-state index is 0.0689. The first-order chi connectivity index (χ1) is 6.02. The molecule has 70 valence electrons. The Bertz CT molecular complexity index is 354. The van der Waals surface area contributed by atoms with E-state index in [1.165, 1.54) is 0 Å². The van der Waals surface area contributed by atoms with Crippen molar-refractivity contribution in [3.05, 3.63) is 27.2 Å². The topological polar surface area (TPSA) is 63.3 Å². The quantitative estimate of drug-likeness (QED) is 0.806. The van der Waals surface area contributed by atoms with E-state index in [0.717, 1.165) is 0 Å². The van der Waals surface area contributed by atoms with Crippen molar-refractivity contribution in [2.45, 2.75) is 6.42 Å².